The van der Waals surface area contributed by atoms with Crippen LogP contribution in [-0.2, 0) is 14.3 Å². The number of rotatable bonds is 4. The highest BCUT2D eigenvalue weighted by Crippen LogP contribution is 2.42. The third kappa shape index (κ3) is 5.39. The first-order valence-electron chi connectivity index (χ1n) is 10.1. The summed E-state index contributed by atoms with van der Waals surface area (Å²) in [6, 6.07) is 5.96. The number of ether oxygens (including phenoxy) is 3. The van der Waals surface area contributed by atoms with E-state index in [0.717, 1.165) is 23.3 Å². The molecule has 28 heavy (non-hydrogen) atoms. The zero-order valence-electron chi connectivity index (χ0n) is 18.5. The average Bonchev–Trinajstić information content (AvgIpc) is 2.63. The van der Waals surface area contributed by atoms with Gasteiger partial charge in [-0.05, 0) is 30.0 Å². The van der Waals surface area contributed by atoms with Crippen molar-refractivity contribution < 1.29 is 19.0 Å². The van der Waals surface area contributed by atoms with Crippen molar-refractivity contribution in [3.63, 3.8) is 0 Å². The lowest BCUT2D eigenvalue weighted by molar-refractivity contribution is -0.196. The summed E-state index contributed by atoms with van der Waals surface area (Å²) in [5.74, 6) is 4.30. The van der Waals surface area contributed by atoms with Gasteiger partial charge in [0, 0.05) is 12.8 Å². The van der Waals surface area contributed by atoms with Crippen LogP contribution in [-0.4, -0.2) is 33.4 Å². The van der Waals surface area contributed by atoms with Crippen molar-refractivity contribution in [1.82, 2.24) is 0 Å². The van der Waals surface area contributed by atoms with Gasteiger partial charge in [0.1, 0.15) is 26.0 Å². The molecule has 0 N–H and O–H groups in total. The minimum atomic E-state index is -1.52. The number of methoxy groups -OCH3 is 1. The second kappa shape index (κ2) is 9.15. The average molecular weight is 403 g/mol. The van der Waals surface area contributed by atoms with Crippen molar-refractivity contribution in [2.24, 2.45) is 11.8 Å². The third-order valence-corrected chi connectivity index (χ3v) is 6.26. The molecule has 1 aromatic rings. The molecule has 4 nitrogen and oxygen atoms in total. The van der Waals surface area contributed by atoms with Gasteiger partial charge in [-0.1, -0.05) is 52.4 Å². The Morgan fingerprint density at radius 3 is 2.43 bits per heavy atom. The Morgan fingerprint density at radius 2 is 1.89 bits per heavy atom. The molecule has 5 heteroatoms. The SMILES string of the molecule is CC[C@H]1O[C@H](c2ccc(OC)c(C#C[Si](C)(C)C)c2)[C@@H](OC(C)=O)[C@@H](C)[C@@H]1C. The molecule has 2 rings (SSSR count). The second-order valence-corrected chi connectivity index (χ2v) is 13.5. The van der Waals surface area contributed by atoms with Crippen LogP contribution >= 0.6 is 0 Å². The van der Waals surface area contributed by atoms with Crippen LogP contribution in [0.5, 0.6) is 5.75 Å². The van der Waals surface area contributed by atoms with Gasteiger partial charge in [-0.3, -0.25) is 4.79 Å². The fourth-order valence-corrected chi connectivity index (χ4v) is 4.16. The van der Waals surface area contributed by atoms with Gasteiger partial charge >= 0.3 is 5.97 Å². The first-order valence-corrected chi connectivity index (χ1v) is 13.6. The van der Waals surface area contributed by atoms with Crippen molar-refractivity contribution in [3.8, 4) is 17.2 Å². The van der Waals surface area contributed by atoms with Crippen LogP contribution in [0, 0.1) is 23.3 Å². The third-order valence-electron chi connectivity index (χ3n) is 5.38. The first-order chi connectivity index (χ1) is 13.1. The van der Waals surface area contributed by atoms with Gasteiger partial charge in [0.25, 0.3) is 0 Å². The maximum absolute atomic E-state index is 11.8. The lowest BCUT2D eigenvalue weighted by atomic mass is 9.78. The van der Waals surface area contributed by atoms with Crippen molar-refractivity contribution in [2.45, 2.75) is 72.1 Å². The summed E-state index contributed by atoms with van der Waals surface area (Å²) in [6.45, 7) is 14.6. The number of carbonyl (C=O) groups is 1. The summed E-state index contributed by atoms with van der Waals surface area (Å²) in [7, 11) is 0.135. The molecular formula is C23H34O4Si. The highest BCUT2D eigenvalue weighted by Gasteiger charge is 2.43. The quantitative estimate of drug-likeness (QED) is 0.405. The van der Waals surface area contributed by atoms with E-state index in [0.29, 0.717) is 5.92 Å². The number of benzene rings is 1. The first kappa shape index (κ1) is 22.5. The molecule has 1 aromatic carbocycles. The standard InChI is InChI=1S/C23H34O4Si/c1-9-20-15(2)16(3)22(26-17(4)24)23(27-20)19-10-11-21(25-5)18(14-19)12-13-28(6,7)8/h10-11,14-16,20,22-23H,9H2,1-8H3/t15-,16-,20+,22-,23+/m0/s1. The van der Waals surface area contributed by atoms with Crippen LogP contribution in [0.2, 0.25) is 19.6 Å². The molecule has 0 spiro atoms. The molecule has 1 aliphatic rings. The van der Waals surface area contributed by atoms with Crippen molar-refractivity contribution in [1.29, 1.82) is 0 Å². The Labute approximate surface area is 171 Å². The Hall–Kier alpha value is -1.77. The zero-order valence-corrected chi connectivity index (χ0v) is 19.5. The van der Waals surface area contributed by atoms with E-state index in [1.165, 1.54) is 6.92 Å². The zero-order chi connectivity index (χ0) is 21.1. The van der Waals surface area contributed by atoms with E-state index in [-0.39, 0.29) is 30.2 Å². The smallest absolute Gasteiger partial charge is 0.303 e. The monoisotopic (exact) mass is 402 g/mol. The molecule has 0 aromatic heterocycles. The maximum Gasteiger partial charge on any atom is 0.303 e. The Balaban J connectivity index is 2.48. The number of hydrogen-bond acceptors (Lipinski definition) is 4. The van der Waals surface area contributed by atoms with Crippen LogP contribution in [0.4, 0.5) is 0 Å². The Kier molecular flexibility index (Phi) is 7.36. The van der Waals surface area contributed by atoms with Crippen LogP contribution < -0.4 is 4.74 Å². The molecule has 1 heterocycles. The van der Waals surface area contributed by atoms with Gasteiger partial charge in [-0.2, -0.15) is 0 Å². The van der Waals surface area contributed by atoms with Crippen LogP contribution in [0.1, 0.15) is 51.3 Å². The molecule has 154 valence electrons. The maximum atomic E-state index is 11.8. The summed E-state index contributed by atoms with van der Waals surface area (Å²) in [5.41, 5.74) is 5.23. The Bertz CT molecular complexity index is 756. The predicted molar refractivity (Wildman–Crippen MR) is 115 cm³/mol. The van der Waals surface area contributed by atoms with Crippen molar-refractivity contribution in [3.05, 3.63) is 29.3 Å². The molecule has 0 radical (unpaired) electrons. The topological polar surface area (TPSA) is 44.8 Å². The minimum Gasteiger partial charge on any atom is -0.495 e. The molecule has 0 saturated carbocycles. The van der Waals surface area contributed by atoms with Gasteiger partial charge in [0.05, 0.1) is 18.8 Å². The van der Waals surface area contributed by atoms with E-state index in [1.54, 1.807) is 7.11 Å². The van der Waals surface area contributed by atoms with Gasteiger partial charge in [0.2, 0.25) is 0 Å². The summed E-state index contributed by atoms with van der Waals surface area (Å²) >= 11 is 0. The number of carbonyl (C=O) groups excluding carboxylic acids is 1. The molecule has 0 bridgehead atoms. The van der Waals surface area contributed by atoms with E-state index in [4.69, 9.17) is 14.2 Å². The van der Waals surface area contributed by atoms with Crippen LogP contribution in [0.3, 0.4) is 0 Å². The molecule has 5 atom stereocenters. The number of hydrogen-bond donors (Lipinski definition) is 0. The summed E-state index contributed by atoms with van der Waals surface area (Å²) in [5, 5.41) is 0. The highest BCUT2D eigenvalue weighted by molar-refractivity contribution is 6.83. The van der Waals surface area contributed by atoms with Crippen molar-refractivity contribution >= 4 is 14.0 Å². The molecule has 0 unspecified atom stereocenters. The molecular weight excluding hydrogens is 368 g/mol. The second-order valence-electron chi connectivity index (χ2n) is 8.76. The van der Waals surface area contributed by atoms with E-state index in [2.05, 4.69) is 51.9 Å². The summed E-state index contributed by atoms with van der Waals surface area (Å²) in [4.78, 5) is 11.8. The number of esters is 1. The summed E-state index contributed by atoms with van der Waals surface area (Å²) < 4.78 is 17.7. The molecule has 1 aliphatic heterocycles. The predicted octanol–water partition coefficient (Wildman–Crippen LogP) is 4.98. The lowest BCUT2D eigenvalue weighted by Gasteiger charge is -2.44. The fraction of sp³-hybridized carbons (Fsp3) is 0.609. The van der Waals surface area contributed by atoms with Gasteiger partial charge < -0.3 is 14.2 Å². The molecule has 0 amide bonds. The van der Waals surface area contributed by atoms with E-state index in [1.807, 2.05) is 18.2 Å². The molecule has 0 aliphatic carbocycles. The van der Waals surface area contributed by atoms with Crippen LogP contribution in [0.25, 0.3) is 0 Å². The Morgan fingerprint density at radius 1 is 1.21 bits per heavy atom. The van der Waals surface area contributed by atoms with Gasteiger partial charge in [0.15, 0.2) is 0 Å². The lowest BCUT2D eigenvalue weighted by Crippen LogP contribution is -2.46. The van der Waals surface area contributed by atoms with E-state index >= 15 is 0 Å². The highest BCUT2D eigenvalue weighted by atomic mass is 28.3. The fourth-order valence-electron chi connectivity index (χ4n) is 3.66. The van der Waals surface area contributed by atoms with E-state index in [9.17, 15) is 4.79 Å². The normalized spacial score (nSPS) is 27.5. The van der Waals surface area contributed by atoms with E-state index < -0.39 is 8.07 Å². The van der Waals surface area contributed by atoms with Crippen molar-refractivity contribution in [2.75, 3.05) is 7.11 Å². The largest absolute Gasteiger partial charge is 0.495 e. The van der Waals surface area contributed by atoms with Crippen LogP contribution in [0.15, 0.2) is 18.2 Å². The molecule has 1 fully saturated rings. The van der Waals surface area contributed by atoms with Gasteiger partial charge in [-0.15, -0.1) is 5.54 Å². The minimum absolute atomic E-state index is 0.130. The molecule has 1 saturated heterocycles. The summed E-state index contributed by atoms with van der Waals surface area (Å²) in [6.07, 6.45) is 0.429. The van der Waals surface area contributed by atoms with Gasteiger partial charge in [-0.25, -0.2) is 0 Å².